The fraction of sp³-hybridized carbons (Fsp3) is 0.364. The van der Waals surface area contributed by atoms with Crippen molar-refractivity contribution in [1.82, 2.24) is 9.80 Å². The minimum absolute atomic E-state index is 0.0473. The van der Waals surface area contributed by atoms with Gasteiger partial charge in [0.25, 0.3) is 5.91 Å². The molecule has 0 radical (unpaired) electrons. The van der Waals surface area contributed by atoms with Crippen LogP contribution in [0.25, 0.3) is 0 Å². The molecule has 9 nitrogen and oxygen atoms in total. The van der Waals surface area contributed by atoms with Gasteiger partial charge in [0.1, 0.15) is 12.3 Å². The highest BCUT2D eigenvalue weighted by atomic mass is 35.5. The van der Waals surface area contributed by atoms with Gasteiger partial charge in [-0.25, -0.2) is 4.99 Å². The van der Waals surface area contributed by atoms with E-state index in [-0.39, 0.29) is 43.8 Å². The highest BCUT2D eigenvalue weighted by molar-refractivity contribution is 6.35. The number of amides is 2. The predicted molar refractivity (Wildman–Crippen MR) is 166 cm³/mol. The third kappa shape index (κ3) is 6.15. The standard InChI is InChI=1S/C33H33Cl2N3O6/c34-25-8-11-27(28(35)18-25)30-33(36-31(44-30)22-6-9-26(10-7-22)43-15-3-14-39)19-23-4-1-2-5-24(23)20-38(32(33)41)21-29(40)37-12-16-42-17-13-37/h1-2,4-11,18,30,39H,3,12-17,19-21H2/t30-,33-/m1/s1. The van der Waals surface area contributed by atoms with Crippen LogP contribution in [0.2, 0.25) is 10.0 Å². The van der Waals surface area contributed by atoms with Gasteiger partial charge in [-0.2, -0.15) is 0 Å². The normalized spacial score (nSPS) is 21.5. The summed E-state index contributed by atoms with van der Waals surface area (Å²) in [4.78, 5) is 36.7. The number of fused-ring (bicyclic) bond motifs is 1. The number of morpholine rings is 1. The number of aliphatic hydroxyl groups is 1. The molecule has 1 N–H and O–H groups in total. The summed E-state index contributed by atoms with van der Waals surface area (Å²) in [7, 11) is 0. The van der Waals surface area contributed by atoms with E-state index in [4.69, 9.17) is 47.5 Å². The van der Waals surface area contributed by atoms with E-state index in [1.54, 1.807) is 40.1 Å². The van der Waals surface area contributed by atoms with Crippen LogP contribution in [0.4, 0.5) is 0 Å². The topological polar surface area (TPSA) is 101 Å². The van der Waals surface area contributed by atoms with Gasteiger partial charge in [-0.05, 0) is 47.5 Å². The molecule has 2 amide bonds. The summed E-state index contributed by atoms with van der Waals surface area (Å²) in [5.74, 6) is 0.470. The van der Waals surface area contributed by atoms with Gasteiger partial charge in [0, 0.05) is 60.3 Å². The Kier molecular flexibility index (Phi) is 9.09. The summed E-state index contributed by atoms with van der Waals surface area (Å²) in [6, 6.07) is 20.2. The molecular formula is C33H33Cl2N3O6. The lowest BCUT2D eigenvalue weighted by atomic mass is 9.81. The van der Waals surface area contributed by atoms with Gasteiger partial charge in [0.15, 0.2) is 11.6 Å². The van der Waals surface area contributed by atoms with Crippen LogP contribution in [0.5, 0.6) is 5.75 Å². The SMILES string of the molecule is O=C(CN1Cc2ccccc2C[C@]2(N=C(c3ccc(OCCCO)cc3)O[C@@H]2c2ccc(Cl)cc2Cl)C1=O)N1CCOCC1. The average molecular weight is 639 g/mol. The summed E-state index contributed by atoms with van der Waals surface area (Å²) in [6.07, 6.45) is -0.111. The molecule has 0 bridgehead atoms. The van der Waals surface area contributed by atoms with Gasteiger partial charge < -0.3 is 29.1 Å². The molecule has 0 aromatic heterocycles. The summed E-state index contributed by atoms with van der Waals surface area (Å²) < 4.78 is 17.7. The minimum atomic E-state index is -1.44. The molecule has 0 unspecified atom stereocenters. The van der Waals surface area contributed by atoms with Gasteiger partial charge in [0.05, 0.1) is 19.8 Å². The molecule has 1 fully saturated rings. The summed E-state index contributed by atoms with van der Waals surface area (Å²) in [6.45, 7) is 2.51. The van der Waals surface area contributed by atoms with Crippen LogP contribution < -0.4 is 4.74 Å². The van der Waals surface area contributed by atoms with Crippen molar-refractivity contribution in [1.29, 1.82) is 0 Å². The minimum Gasteiger partial charge on any atom is -0.494 e. The molecule has 1 saturated heterocycles. The third-order valence-corrected chi connectivity index (χ3v) is 8.73. The quantitative estimate of drug-likeness (QED) is 0.366. The predicted octanol–water partition coefficient (Wildman–Crippen LogP) is 4.46. The zero-order chi connectivity index (χ0) is 30.7. The molecule has 3 heterocycles. The van der Waals surface area contributed by atoms with E-state index >= 15 is 0 Å². The lowest BCUT2D eigenvalue weighted by Gasteiger charge is -2.35. The van der Waals surface area contributed by atoms with Crippen molar-refractivity contribution in [2.75, 3.05) is 46.1 Å². The molecule has 2 atom stereocenters. The molecule has 44 heavy (non-hydrogen) atoms. The van der Waals surface area contributed by atoms with Crippen molar-refractivity contribution in [3.63, 3.8) is 0 Å². The molecule has 0 saturated carbocycles. The monoisotopic (exact) mass is 637 g/mol. The van der Waals surface area contributed by atoms with Crippen LogP contribution in [0.15, 0.2) is 71.7 Å². The van der Waals surface area contributed by atoms with Crippen LogP contribution in [0.1, 0.15) is 34.8 Å². The Labute approximate surface area is 265 Å². The maximum Gasteiger partial charge on any atom is 0.256 e. The Morgan fingerprint density at radius 2 is 1.80 bits per heavy atom. The lowest BCUT2D eigenvalue weighted by Crippen LogP contribution is -2.53. The summed E-state index contributed by atoms with van der Waals surface area (Å²) in [5.41, 5.74) is 1.68. The third-order valence-electron chi connectivity index (χ3n) is 8.17. The van der Waals surface area contributed by atoms with Gasteiger partial charge >= 0.3 is 0 Å². The second-order valence-corrected chi connectivity index (χ2v) is 11.9. The molecule has 1 spiro atoms. The van der Waals surface area contributed by atoms with Crippen LogP contribution in [-0.4, -0.2) is 84.2 Å². The van der Waals surface area contributed by atoms with Crippen LogP contribution >= 0.6 is 23.2 Å². The van der Waals surface area contributed by atoms with Crippen molar-refractivity contribution < 1.29 is 28.9 Å². The van der Waals surface area contributed by atoms with Gasteiger partial charge in [-0.1, -0.05) is 53.5 Å². The molecule has 3 aromatic rings. The maximum atomic E-state index is 14.8. The zero-order valence-corrected chi connectivity index (χ0v) is 25.6. The van der Waals surface area contributed by atoms with Crippen molar-refractivity contribution in [3.05, 3.63) is 99.0 Å². The molecule has 11 heteroatoms. The van der Waals surface area contributed by atoms with E-state index in [2.05, 4.69) is 0 Å². The van der Waals surface area contributed by atoms with E-state index in [1.165, 1.54) is 0 Å². The molecular weight excluding hydrogens is 605 g/mol. The Balaban J connectivity index is 1.42. The van der Waals surface area contributed by atoms with Gasteiger partial charge in [0.2, 0.25) is 11.8 Å². The number of hydrogen-bond acceptors (Lipinski definition) is 7. The first-order chi connectivity index (χ1) is 21.4. The van der Waals surface area contributed by atoms with Gasteiger partial charge in [-0.3, -0.25) is 9.59 Å². The number of halogens is 2. The maximum absolute atomic E-state index is 14.8. The molecule has 6 rings (SSSR count). The number of aliphatic imine (C=N–C) groups is 1. The van der Waals surface area contributed by atoms with Crippen LogP contribution in [0.3, 0.4) is 0 Å². The molecule has 3 aliphatic heterocycles. The molecule has 230 valence electrons. The average Bonchev–Trinajstić information content (AvgIpc) is 3.36. The largest absolute Gasteiger partial charge is 0.494 e. The fourth-order valence-corrected chi connectivity index (χ4v) is 6.40. The molecule has 3 aromatic carbocycles. The van der Waals surface area contributed by atoms with Crippen molar-refractivity contribution >= 4 is 40.9 Å². The number of hydrogen-bond donors (Lipinski definition) is 1. The number of aliphatic hydroxyl groups excluding tert-OH is 1. The Morgan fingerprint density at radius 3 is 2.52 bits per heavy atom. The number of benzene rings is 3. The first-order valence-corrected chi connectivity index (χ1v) is 15.4. The number of rotatable bonds is 8. The Hall–Kier alpha value is -3.63. The van der Waals surface area contributed by atoms with Crippen molar-refractivity contribution in [3.8, 4) is 5.75 Å². The van der Waals surface area contributed by atoms with E-state index in [1.807, 2.05) is 36.4 Å². The van der Waals surface area contributed by atoms with E-state index in [0.717, 1.165) is 11.1 Å². The first-order valence-electron chi connectivity index (χ1n) is 14.7. The highest BCUT2D eigenvalue weighted by Gasteiger charge is 2.56. The highest BCUT2D eigenvalue weighted by Crippen LogP contribution is 2.47. The number of nitrogens with zero attached hydrogens (tertiary/aromatic N) is 3. The fourth-order valence-electron chi connectivity index (χ4n) is 5.89. The first kappa shape index (κ1) is 30.4. The number of carbonyl (C=O) groups is 2. The Morgan fingerprint density at radius 1 is 1.05 bits per heavy atom. The lowest BCUT2D eigenvalue weighted by molar-refractivity contribution is -0.147. The number of ether oxygens (including phenoxy) is 3. The smallest absolute Gasteiger partial charge is 0.256 e. The number of carbonyl (C=O) groups excluding carboxylic acids is 2. The van der Waals surface area contributed by atoms with E-state index < -0.39 is 11.6 Å². The van der Waals surface area contributed by atoms with Crippen molar-refractivity contribution in [2.24, 2.45) is 4.99 Å². The van der Waals surface area contributed by atoms with Crippen LogP contribution in [0, 0.1) is 0 Å². The molecule has 3 aliphatic rings. The van der Waals surface area contributed by atoms with Gasteiger partial charge in [-0.15, -0.1) is 0 Å². The summed E-state index contributed by atoms with van der Waals surface area (Å²) >= 11 is 13.0. The molecule has 0 aliphatic carbocycles. The van der Waals surface area contributed by atoms with Crippen LogP contribution in [-0.2, 0) is 32.0 Å². The second kappa shape index (κ2) is 13.2. The van der Waals surface area contributed by atoms with E-state index in [0.29, 0.717) is 66.3 Å². The summed E-state index contributed by atoms with van der Waals surface area (Å²) in [5, 5.41) is 9.87. The van der Waals surface area contributed by atoms with Crippen molar-refractivity contribution in [2.45, 2.75) is 31.0 Å². The van der Waals surface area contributed by atoms with E-state index in [9.17, 15) is 9.59 Å². The Bertz CT molecular complexity index is 1560. The zero-order valence-electron chi connectivity index (χ0n) is 24.1. The second-order valence-electron chi connectivity index (χ2n) is 11.1.